The summed E-state index contributed by atoms with van der Waals surface area (Å²) in [5, 5.41) is 0. The number of rotatable bonds is 5. The van der Waals surface area contributed by atoms with E-state index >= 15 is 0 Å². The number of aromatic nitrogens is 2. The van der Waals surface area contributed by atoms with E-state index in [2.05, 4.69) is 9.97 Å². The molecule has 0 spiro atoms. The van der Waals surface area contributed by atoms with Gasteiger partial charge in [-0.3, -0.25) is 0 Å². The second-order valence-electron chi connectivity index (χ2n) is 8.53. The molecule has 0 radical (unpaired) electrons. The monoisotopic (exact) mass is 423 g/mol. The first-order valence-corrected chi connectivity index (χ1v) is 10.2. The van der Waals surface area contributed by atoms with Gasteiger partial charge in [-0.25, -0.2) is 4.98 Å². The van der Waals surface area contributed by atoms with E-state index < -0.39 is 11.7 Å². The predicted molar refractivity (Wildman–Crippen MR) is 109 cm³/mol. The lowest BCUT2D eigenvalue weighted by atomic mass is 9.98. The molecule has 5 nitrogen and oxygen atoms in total. The molecular formula is C22H28F3N3O2. The van der Waals surface area contributed by atoms with Crippen molar-refractivity contribution in [3.8, 4) is 11.8 Å². The second-order valence-corrected chi connectivity index (χ2v) is 8.53. The van der Waals surface area contributed by atoms with Gasteiger partial charge < -0.3 is 14.4 Å². The van der Waals surface area contributed by atoms with Crippen LogP contribution in [0.4, 0.5) is 24.7 Å². The molecule has 1 aromatic heterocycles. The van der Waals surface area contributed by atoms with Crippen molar-refractivity contribution in [3.05, 3.63) is 36.0 Å². The Balaban J connectivity index is 1.88. The molecule has 30 heavy (non-hydrogen) atoms. The number of halogens is 3. The normalized spacial score (nSPS) is 15.7. The van der Waals surface area contributed by atoms with Gasteiger partial charge in [0.05, 0.1) is 0 Å². The van der Waals surface area contributed by atoms with E-state index in [1.54, 1.807) is 31.3 Å². The first kappa shape index (κ1) is 22.2. The highest BCUT2D eigenvalue weighted by Crippen LogP contribution is 2.38. The van der Waals surface area contributed by atoms with Crippen LogP contribution in [0.2, 0.25) is 0 Å². The summed E-state index contributed by atoms with van der Waals surface area (Å²) in [6, 6.07) is 6.83. The smallest absolute Gasteiger partial charge is 0.421 e. The molecule has 1 heterocycles. The molecule has 2 aromatic rings. The number of anilines is 2. The number of ether oxygens (including phenoxy) is 2. The van der Waals surface area contributed by atoms with Crippen LogP contribution >= 0.6 is 0 Å². The summed E-state index contributed by atoms with van der Waals surface area (Å²) in [5.41, 5.74) is -0.727. The fourth-order valence-electron chi connectivity index (χ4n) is 3.42. The van der Waals surface area contributed by atoms with Gasteiger partial charge in [-0.05, 0) is 70.7 Å². The van der Waals surface area contributed by atoms with Gasteiger partial charge >= 0.3 is 12.2 Å². The highest BCUT2D eigenvalue weighted by atomic mass is 19.4. The van der Waals surface area contributed by atoms with Crippen LogP contribution in [0.25, 0.3) is 0 Å². The number of nitrogens with zero attached hydrogens (tertiary/aromatic N) is 3. The lowest BCUT2D eigenvalue weighted by Crippen LogP contribution is -2.23. The molecule has 1 aromatic carbocycles. The third-order valence-electron chi connectivity index (χ3n) is 4.84. The van der Waals surface area contributed by atoms with E-state index in [-0.39, 0.29) is 23.5 Å². The lowest BCUT2D eigenvalue weighted by Gasteiger charge is -2.25. The summed E-state index contributed by atoms with van der Waals surface area (Å²) in [5.74, 6) is 0.396. The Hall–Kier alpha value is -2.51. The van der Waals surface area contributed by atoms with E-state index in [4.69, 9.17) is 9.47 Å². The molecule has 0 aliphatic heterocycles. The third-order valence-corrected chi connectivity index (χ3v) is 4.84. The van der Waals surface area contributed by atoms with Gasteiger partial charge in [-0.1, -0.05) is 6.42 Å². The molecule has 1 fully saturated rings. The summed E-state index contributed by atoms with van der Waals surface area (Å²) in [6.45, 7) is 5.78. The molecule has 0 N–H and O–H groups in total. The summed E-state index contributed by atoms with van der Waals surface area (Å²) < 4.78 is 52.4. The van der Waals surface area contributed by atoms with Gasteiger partial charge in [0.1, 0.15) is 23.0 Å². The van der Waals surface area contributed by atoms with Gasteiger partial charge in [-0.15, -0.1) is 0 Å². The molecule has 1 aliphatic carbocycles. The molecule has 164 valence electrons. The van der Waals surface area contributed by atoms with Crippen molar-refractivity contribution in [3.63, 3.8) is 0 Å². The van der Waals surface area contributed by atoms with Crippen LogP contribution < -0.4 is 14.4 Å². The fourth-order valence-corrected chi connectivity index (χ4v) is 3.42. The molecule has 0 unspecified atom stereocenters. The maximum Gasteiger partial charge on any atom is 0.421 e. The average Bonchev–Trinajstić information content (AvgIpc) is 2.67. The SMILES string of the molecule is CN(c1ccc(OC(C)(C)C)cc1)c1nc(OC2CCCCC2)ncc1C(F)(F)F. The van der Waals surface area contributed by atoms with Crippen molar-refractivity contribution in [1.29, 1.82) is 0 Å². The summed E-state index contributed by atoms with van der Waals surface area (Å²) in [7, 11) is 1.54. The van der Waals surface area contributed by atoms with Crippen molar-refractivity contribution < 1.29 is 22.6 Å². The average molecular weight is 423 g/mol. The lowest BCUT2D eigenvalue weighted by molar-refractivity contribution is -0.137. The van der Waals surface area contributed by atoms with Crippen LogP contribution in [-0.2, 0) is 6.18 Å². The van der Waals surface area contributed by atoms with E-state index in [0.717, 1.165) is 38.3 Å². The third kappa shape index (κ3) is 5.77. The molecule has 1 aliphatic rings. The summed E-state index contributed by atoms with van der Waals surface area (Å²) in [4.78, 5) is 9.35. The van der Waals surface area contributed by atoms with E-state index in [1.165, 1.54) is 4.90 Å². The fraction of sp³-hybridized carbons (Fsp3) is 0.545. The van der Waals surface area contributed by atoms with Crippen molar-refractivity contribution in [2.75, 3.05) is 11.9 Å². The molecule has 0 bridgehead atoms. The Morgan fingerprint density at radius 3 is 2.20 bits per heavy atom. The van der Waals surface area contributed by atoms with Crippen LogP contribution in [0.15, 0.2) is 30.5 Å². The Morgan fingerprint density at radius 1 is 1.00 bits per heavy atom. The molecule has 0 amide bonds. The highest BCUT2D eigenvalue weighted by Gasteiger charge is 2.37. The molecule has 1 saturated carbocycles. The first-order chi connectivity index (χ1) is 14.0. The number of benzene rings is 1. The Kier molecular flexibility index (Phi) is 6.43. The second kappa shape index (κ2) is 8.70. The van der Waals surface area contributed by atoms with Crippen LogP contribution in [0.5, 0.6) is 11.8 Å². The summed E-state index contributed by atoms with van der Waals surface area (Å²) in [6.07, 6.45) is 1.13. The van der Waals surface area contributed by atoms with Crippen molar-refractivity contribution in [1.82, 2.24) is 9.97 Å². The molecular weight excluding hydrogens is 395 g/mol. The zero-order valence-corrected chi connectivity index (χ0v) is 17.8. The van der Waals surface area contributed by atoms with Gasteiger partial charge in [-0.2, -0.15) is 18.2 Å². The zero-order chi connectivity index (χ0) is 21.9. The molecule has 0 atom stereocenters. The van der Waals surface area contributed by atoms with Crippen LogP contribution in [0, 0.1) is 0 Å². The van der Waals surface area contributed by atoms with Gasteiger partial charge in [0.15, 0.2) is 5.82 Å². The van der Waals surface area contributed by atoms with E-state index in [1.807, 2.05) is 20.8 Å². The van der Waals surface area contributed by atoms with Crippen LogP contribution in [0.3, 0.4) is 0 Å². The van der Waals surface area contributed by atoms with Crippen molar-refractivity contribution in [2.24, 2.45) is 0 Å². The summed E-state index contributed by atoms with van der Waals surface area (Å²) >= 11 is 0. The van der Waals surface area contributed by atoms with Gasteiger partial charge in [0, 0.05) is 18.9 Å². The number of hydrogen-bond acceptors (Lipinski definition) is 5. The minimum absolute atomic E-state index is 0.0237. The Morgan fingerprint density at radius 2 is 1.63 bits per heavy atom. The zero-order valence-electron chi connectivity index (χ0n) is 17.8. The predicted octanol–water partition coefficient (Wildman–Crippen LogP) is 6.15. The van der Waals surface area contributed by atoms with E-state index in [0.29, 0.717) is 11.4 Å². The number of alkyl halides is 3. The quantitative estimate of drug-likeness (QED) is 0.577. The van der Waals surface area contributed by atoms with Crippen LogP contribution in [-0.4, -0.2) is 28.7 Å². The molecule has 8 heteroatoms. The molecule has 0 saturated heterocycles. The minimum atomic E-state index is -4.58. The largest absolute Gasteiger partial charge is 0.488 e. The van der Waals surface area contributed by atoms with Crippen LogP contribution in [0.1, 0.15) is 58.4 Å². The maximum absolute atomic E-state index is 13.6. The van der Waals surface area contributed by atoms with E-state index in [9.17, 15) is 13.2 Å². The van der Waals surface area contributed by atoms with Crippen molar-refractivity contribution >= 4 is 11.5 Å². The first-order valence-electron chi connectivity index (χ1n) is 10.2. The van der Waals surface area contributed by atoms with Crippen molar-refractivity contribution in [2.45, 2.75) is 70.8 Å². The van der Waals surface area contributed by atoms with Gasteiger partial charge in [0.25, 0.3) is 0 Å². The molecule has 3 rings (SSSR count). The topological polar surface area (TPSA) is 47.5 Å². The Labute approximate surface area is 175 Å². The standard InChI is InChI=1S/C22H28F3N3O2/c1-21(2,3)30-17-12-10-15(11-13-17)28(4)19-18(22(23,24)25)14-26-20(27-19)29-16-8-6-5-7-9-16/h10-14,16H,5-9H2,1-4H3. The maximum atomic E-state index is 13.6. The highest BCUT2D eigenvalue weighted by molar-refractivity contribution is 5.63. The Bertz CT molecular complexity index is 842. The minimum Gasteiger partial charge on any atom is -0.488 e. The number of hydrogen-bond donors (Lipinski definition) is 0. The van der Waals surface area contributed by atoms with Gasteiger partial charge in [0.2, 0.25) is 0 Å².